The molecule has 0 spiro atoms. The van der Waals surface area contributed by atoms with Gasteiger partial charge in [0, 0.05) is 5.69 Å². The van der Waals surface area contributed by atoms with Crippen molar-refractivity contribution in [3.8, 4) is 0 Å². The normalized spacial score (nSPS) is 10.5. The van der Waals surface area contributed by atoms with Crippen molar-refractivity contribution in [1.82, 2.24) is 15.2 Å². The molecule has 0 aliphatic heterocycles. The molecule has 25 heavy (non-hydrogen) atoms. The number of benzene rings is 2. The van der Waals surface area contributed by atoms with E-state index >= 15 is 0 Å². The second-order valence-corrected chi connectivity index (χ2v) is 4.99. The molecule has 0 saturated heterocycles. The molecule has 0 aliphatic rings. The quantitative estimate of drug-likeness (QED) is 0.704. The fourth-order valence-electron chi connectivity index (χ4n) is 2.09. The number of ether oxygens (including phenoxy) is 1. The molecule has 0 atom stereocenters. The van der Waals surface area contributed by atoms with Crippen LogP contribution in [0.4, 0.5) is 10.1 Å². The van der Waals surface area contributed by atoms with E-state index in [-0.39, 0.29) is 6.61 Å². The summed E-state index contributed by atoms with van der Waals surface area (Å²) in [5.74, 6) is -1.37. The van der Waals surface area contributed by atoms with Crippen molar-refractivity contribution in [3.63, 3.8) is 0 Å². The molecule has 0 radical (unpaired) electrons. The summed E-state index contributed by atoms with van der Waals surface area (Å²) in [6, 6.07) is 9.97. The topological polar surface area (TPSA) is 95.3 Å². The van der Waals surface area contributed by atoms with E-state index in [4.69, 9.17) is 4.84 Å². The molecular formula is C16H13FN4O4. The largest absolute Gasteiger partial charge is 0.465 e. The average molecular weight is 344 g/mol. The third kappa shape index (κ3) is 3.71. The number of esters is 1. The second kappa shape index (κ2) is 6.95. The number of hydrogen-bond acceptors (Lipinski definition) is 6. The molecular weight excluding hydrogens is 331 g/mol. The minimum Gasteiger partial charge on any atom is -0.465 e. The average Bonchev–Trinajstić information content (AvgIpc) is 3.03. The van der Waals surface area contributed by atoms with E-state index in [0.29, 0.717) is 22.3 Å². The van der Waals surface area contributed by atoms with Crippen LogP contribution in [-0.4, -0.2) is 40.8 Å². The Morgan fingerprint density at radius 2 is 1.96 bits per heavy atom. The lowest BCUT2D eigenvalue weighted by Crippen LogP contribution is -2.26. The number of nitrogens with zero attached hydrogens (tertiary/aromatic N) is 3. The van der Waals surface area contributed by atoms with Gasteiger partial charge in [0.05, 0.1) is 12.7 Å². The first kappa shape index (κ1) is 16.4. The highest BCUT2D eigenvalue weighted by molar-refractivity contribution is 5.93. The summed E-state index contributed by atoms with van der Waals surface area (Å²) < 4.78 is 17.5. The summed E-state index contributed by atoms with van der Waals surface area (Å²) >= 11 is 0. The predicted octanol–water partition coefficient (Wildman–Crippen LogP) is 1.42. The van der Waals surface area contributed by atoms with E-state index < -0.39 is 17.7 Å². The highest BCUT2D eigenvalue weighted by Gasteiger charge is 2.12. The van der Waals surface area contributed by atoms with Gasteiger partial charge < -0.3 is 14.9 Å². The van der Waals surface area contributed by atoms with Crippen LogP contribution < -0.4 is 10.2 Å². The lowest BCUT2D eigenvalue weighted by molar-refractivity contribution is -0.121. The molecule has 1 amide bonds. The number of fused-ring (bicyclic) bond motifs is 1. The summed E-state index contributed by atoms with van der Waals surface area (Å²) in [5, 5.41) is 10.2. The van der Waals surface area contributed by atoms with E-state index in [1.807, 2.05) is 0 Å². The molecule has 0 aliphatic carbocycles. The smallest absolute Gasteiger partial charge is 0.337 e. The molecule has 0 fully saturated rings. The van der Waals surface area contributed by atoms with Gasteiger partial charge in [0.15, 0.2) is 6.61 Å². The van der Waals surface area contributed by atoms with Crippen molar-refractivity contribution in [3.05, 3.63) is 53.8 Å². The summed E-state index contributed by atoms with van der Waals surface area (Å²) in [6.07, 6.45) is 0. The van der Waals surface area contributed by atoms with Crippen molar-refractivity contribution >= 4 is 28.6 Å². The number of methoxy groups -OCH3 is 1. The molecule has 0 bridgehead atoms. The number of nitrogens with one attached hydrogen (secondary N) is 1. The van der Waals surface area contributed by atoms with Crippen LogP contribution in [0.1, 0.15) is 10.4 Å². The Morgan fingerprint density at radius 1 is 1.20 bits per heavy atom. The number of aromatic nitrogens is 3. The molecule has 8 nitrogen and oxygen atoms in total. The maximum atomic E-state index is 12.8. The zero-order valence-corrected chi connectivity index (χ0v) is 13.1. The number of anilines is 1. The Kier molecular flexibility index (Phi) is 4.55. The minimum atomic E-state index is -0.510. The predicted molar refractivity (Wildman–Crippen MR) is 85.3 cm³/mol. The maximum Gasteiger partial charge on any atom is 0.337 e. The van der Waals surface area contributed by atoms with Crippen LogP contribution in [0.3, 0.4) is 0 Å². The summed E-state index contributed by atoms with van der Waals surface area (Å²) in [4.78, 5) is 29.8. The van der Waals surface area contributed by atoms with Crippen LogP contribution >= 0.6 is 0 Å². The van der Waals surface area contributed by atoms with Crippen molar-refractivity contribution in [2.45, 2.75) is 0 Å². The first-order chi connectivity index (χ1) is 12.1. The number of halogens is 1. The highest BCUT2D eigenvalue weighted by Crippen LogP contribution is 2.13. The molecule has 2 aromatic carbocycles. The number of amides is 1. The molecule has 1 N–H and O–H groups in total. The zero-order valence-electron chi connectivity index (χ0n) is 13.1. The Balaban J connectivity index is 1.69. The first-order valence-corrected chi connectivity index (χ1v) is 7.19. The van der Waals surface area contributed by atoms with Crippen molar-refractivity contribution in [2.24, 2.45) is 0 Å². The monoisotopic (exact) mass is 344 g/mol. The Morgan fingerprint density at radius 3 is 2.68 bits per heavy atom. The molecule has 0 saturated carbocycles. The van der Waals surface area contributed by atoms with Crippen LogP contribution in [0.5, 0.6) is 0 Å². The van der Waals surface area contributed by atoms with Crippen LogP contribution in [0, 0.1) is 5.82 Å². The van der Waals surface area contributed by atoms with Crippen molar-refractivity contribution in [2.75, 3.05) is 19.0 Å². The standard InChI is InChI=1S/C16H13FN4O4/c1-24-16(23)10-2-7-13-14(8-10)21(20-19-13)25-9-15(22)18-12-5-3-11(17)4-6-12/h2-8H,9H2,1H3,(H,18,22). The van der Waals surface area contributed by atoms with Crippen LogP contribution in [-0.2, 0) is 9.53 Å². The van der Waals surface area contributed by atoms with Gasteiger partial charge >= 0.3 is 5.97 Å². The Labute approximate surface area is 141 Å². The summed E-state index contributed by atoms with van der Waals surface area (Å²) in [5.41, 5.74) is 1.65. The molecule has 3 rings (SSSR count). The third-order valence-corrected chi connectivity index (χ3v) is 3.28. The van der Waals surface area contributed by atoms with Gasteiger partial charge in [-0.3, -0.25) is 4.79 Å². The number of carbonyl (C=O) groups is 2. The van der Waals surface area contributed by atoms with E-state index in [9.17, 15) is 14.0 Å². The third-order valence-electron chi connectivity index (χ3n) is 3.28. The van der Waals surface area contributed by atoms with Crippen LogP contribution in [0.25, 0.3) is 11.0 Å². The molecule has 0 unspecified atom stereocenters. The van der Waals surface area contributed by atoms with Crippen LogP contribution in [0.2, 0.25) is 0 Å². The van der Waals surface area contributed by atoms with Gasteiger partial charge in [-0.1, -0.05) is 4.85 Å². The van der Waals surface area contributed by atoms with E-state index in [1.165, 1.54) is 37.4 Å². The van der Waals surface area contributed by atoms with Gasteiger partial charge in [-0.25, -0.2) is 9.18 Å². The molecule has 1 aromatic heterocycles. The van der Waals surface area contributed by atoms with Gasteiger partial charge in [-0.15, -0.1) is 5.10 Å². The Bertz CT molecular complexity index is 924. The zero-order chi connectivity index (χ0) is 17.8. The fourth-order valence-corrected chi connectivity index (χ4v) is 2.09. The van der Waals surface area contributed by atoms with E-state index in [2.05, 4.69) is 20.4 Å². The number of hydrogen-bond donors (Lipinski definition) is 1. The SMILES string of the molecule is COC(=O)c1ccc2nnn(OCC(=O)Nc3ccc(F)cc3)c2c1. The van der Waals surface area contributed by atoms with Gasteiger partial charge in [-0.05, 0) is 47.7 Å². The Hall–Kier alpha value is -3.49. The van der Waals surface area contributed by atoms with Gasteiger partial charge in [0.2, 0.25) is 0 Å². The fraction of sp³-hybridized carbons (Fsp3) is 0.125. The summed E-state index contributed by atoms with van der Waals surface area (Å²) in [7, 11) is 1.28. The molecule has 3 aromatic rings. The van der Waals surface area contributed by atoms with Gasteiger partial charge in [-0.2, -0.15) is 0 Å². The van der Waals surface area contributed by atoms with Gasteiger partial charge in [0.25, 0.3) is 5.91 Å². The lowest BCUT2D eigenvalue weighted by Gasteiger charge is -2.07. The highest BCUT2D eigenvalue weighted by atomic mass is 19.1. The maximum absolute atomic E-state index is 12.8. The van der Waals surface area contributed by atoms with E-state index in [0.717, 1.165) is 4.85 Å². The molecule has 128 valence electrons. The molecule has 1 heterocycles. The van der Waals surface area contributed by atoms with Crippen LogP contribution in [0.15, 0.2) is 42.5 Å². The van der Waals surface area contributed by atoms with Crippen molar-refractivity contribution in [1.29, 1.82) is 0 Å². The van der Waals surface area contributed by atoms with E-state index in [1.54, 1.807) is 12.1 Å². The number of carbonyl (C=O) groups excluding carboxylic acids is 2. The minimum absolute atomic E-state index is 0.304. The van der Waals surface area contributed by atoms with Crippen molar-refractivity contribution < 1.29 is 23.6 Å². The van der Waals surface area contributed by atoms with Gasteiger partial charge in [0.1, 0.15) is 16.9 Å². The number of rotatable bonds is 5. The summed E-state index contributed by atoms with van der Waals surface area (Å²) in [6.45, 7) is -0.349. The second-order valence-electron chi connectivity index (χ2n) is 4.99. The lowest BCUT2D eigenvalue weighted by atomic mass is 10.2. The first-order valence-electron chi connectivity index (χ1n) is 7.19. The molecule has 9 heteroatoms.